The van der Waals surface area contributed by atoms with Gasteiger partial charge in [-0.25, -0.2) is 0 Å². The molecule has 1 aromatic rings. The van der Waals surface area contributed by atoms with Crippen molar-refractivity contribution in [3.05, 3.63) is 41.7 Å². The monoisotopic (exact) mass is 399 g/mol. The van der Waals surface area contributed by atoms with E-state index in [9.17, 15) is 9.59 Å². The number of aromatic nitrogens is 1. The number of hydrogen-bond donors (Lipinski definition) is 2. The lowest BCUT2D eigenvalue weighted by Gasteiger charge is -2.36. The summed E-state index contributed by atoms with van der Waals surface area (Å²) in [6.07, 6.45) is 11.4. The summed E-state index contributed by atoms with van der Waals surface area (Å²) in [5.74, 6) is -0.145. The summed E-state index contributed by atoms with van der Waals surface area (Å²) in [4.78, 5) is 29.4. The molecule has 2 N–H and O–H groups in total. The fourth-order valence-corrected chi connectivity index (χ4v) is 4.14. The maximum absolute atomic E-state index is 12.7. The van der Waals surface area contributed by atoms with Gasteiger partial charge < -0.3 is 15.4 Å². The Morgan fingerprint density at radius 2 is 2.14 bits per heavy atom. The summed E-state index contributed by atoms with van der Waals surface area (Å²) in [5, 5.41) is 6.19. The molecule has 6 heteroatoms. The van der Waals surface area contributed by atoms with Gasteiger partial charge in [0.2, 0.25) is 5.91 Å². The van der Waals surface area contributed by atoms with E-state index in [0.29, 0.717) is 25.3 Å². The van der Waals surface area contributed by atoms with Crippen LogP contribution in [0.15, 0.2) is 36.0 Å². The first-order valence-corrected chi connectivity index (χ1v) is 11.0. The third kappa shape index (κ3) is 6.39. The quantitative estimate of drug-likeness (QED) is 0.657. The first-order chi connectivity index (χ1) is 14.2. The van der Waals surface area contributed by atoms with E-state index in [-0.39, 0.29) is 29.9 Å². The van der Waals surface area contributed by atoms with Crippen LogP contribution < -0.4 is 10.6 Å². The topological polar surface area (TPSA) is 80.3 Å². The van der Waals surface area contributed by atoms with Crippen molar-refractivity contribution in [2.24, 2.45) is 5.92 Å². The van der Waals surface area contributed by atoms with Gasteiger partial charge in [0.1, 0.15) is 5.69 Å². The van der Waals surface area contributed by atoms with Crippen LogP contribution in [0.3, 0.4) is 0 Å². The first-order valence-electron chi connectivity index (χ1n) is 11.0. The predicted molar refractivity (Wildman–Crippen MR) is 112 cm³/mol. The molecule has 0 spiro atoms. The van der Waals surface area contributed by atoms with Crippen LogP contribution in [0.25, 0.3) is 0 Å². The molecule has 1 heterocycles. The number of carbonyl (C=O) groups excluding carboxylic acids is 2. The highest BCUT2D eigenvalue weighted by molar-refractivity contribution is 5.92. The Balaban J connectivity index is 1.55. The van der Waals surface area contributed by atoms with E-state index in [1.807, 2.05) is 0 Å². The molecule has 29 heavy (non-hydrogen) atoms. The normalized spacial score (nSPS) is 24.4. The van der Waals surface area contributed by atoms with Crippen molar-refractivity contribution in [2.75, 3.05) is 13.2 Å². The van der Waals surface area contributed by atoms with E-state index in [2.05, 4.69) is 28.6 Å². The number of amides is 2. The number of nitrogens with zero attached hydrogens (tertiary/aromatic N) is 1. The summed E-state index contributed by atoms with van der Waals surface area (Å²) in [5.41, 5.74) is 1.75. The van der Waals surface area contributed by atoms with E-state index in [1.165, 1.54) is 18.4 Å². The van der Waals surface area contributed by atoms with Gasteiger partial charge in [0, 0.05) is 25.3 Å². The maximum atomic E-state index is 12.7. The molecule has 0 bridgehead atoms. The number of nitrogens with one attached hydrogen (secondary N) is 2. The summed E-state index contributed by atoms with van der Waals surface area (Å²) in [6, 6.07) is 5.20. The Morgan fingerprint density at radius 3 is 2.86 bits per heavy atom. The summed E-state index contributed by atoms with van der Waals surface area (Å²) in [7, 11) is 0. The van der Waals surface area contributed by atoms with Crippen molar-refractivity contribution in [3.8, 4) is 0 Å². The number of rotatable bonds is 8. The average Bonchev–Trinajstić information content (AvgIpc) is 2.78. The number of carbonyl (C=O) groups is 2. The molecule has 3 rings (SSSR count). The van der Waals surface area contributed by atoms with E-state index in [1.54, 1.807) is 24.4 Å². The van der Waals surface area contributed by atoms with Gasteiger partial charge in [-0.3, -0.25) is 14.6 Å². The van der Waals surface area contributed by atoms with Crippen molar-refractivity contribution in [1.29, 1.82) is 0 Å². The van der Waals surface area contributed by atoms with Gasteiger partial charge in [-0.05, 0) is 63.5 Å². The molecule has 2 aliphatic rings. The number of allylic oxidation sites excluding steroid dienone is 1. The van der Waals surface area contributed by atoms with Crippen LogP contribution in [0.2, 0.25) is 0 Å². The number of ether oxygens (including phenoxy) is 1. The van der Waals surface area contributed by atoms with E-state index < -0.39 is 0 Å². The lowest BCUT2D eigenvalue weighted by molar-refractivity contribution is -0.128. The average molecular weight is 400 g/mol. The predicted octanol–water partition coefficient (Wildman–Crippen LogP) is 3.39. The van der Waals surface area contributed by atoms with Crippen LogP contribution in [0.1, 0.15) is 68.8 Å². The van der Waals surface area contributed by atoms with E-state index in [4.69, 9.17) is 4.74 Å². The zero-order valence-electron chi connectivity index (χ0n) is 17.4. The molecule has 2 aliphatic carbocycles. The first kappa shape index (κ1) is 21.5. The summed E-state index contributed by atoms with van der Waals surface area (Å²) < 4.78 is 6.03. The lowest BCUT2D eigenvalue weighted by Crippen LogP contribution is -2.50. The molecule has 6 nitrogen and oxygen atoms in total. The second kappa shape index (κ2) is 11.1. The molecule has 0 radical (unpaired) electrons. The molecule has 158 valence electrons. The molecule has 0 saturated heterocycles. The molecule has 2 amide bonds. The third-order valence-electron chi connectivity index (χ3n) is 5.79. The second-order valence-electron chi connectivity index (χ2n) is 8.04. The van der Waals surface area contributed by atoms with Gasteiger partial charge in [-0.1, -0.05) is 24.6 Å². The molecule has 0 unspecified atom stereocenters. The van der Waals surface area contributed by atoms with Crippen LogP contribution in [-0.4, -0.2) is 42.1 Å². The molecule has 1 aromatic heterocycles. The van der Waals surface area contributed by atoms with Crippen molar-refractivity contribution in [1.82, 2.24) is 15.6 Å². The molecule has 1 saturated carbocycles. The second-order valence-corrected chi connectivity index (χ2v) is 8.04. The maximum Gasteiger partial charge on any atom is 0.270 e. The fourth-order valence-electron chi connectivity index (χ4n) is 4.14. The molecule has 3 atom stereocenters. The van der Waals surface area contributed by atoms with E-state index in [0.717, 1.165) is 32.1 Å². The van der Waals surface area contributed by atoms with Gasteiger partial charge in [0.25, 0.3) is 5.91 Å². The van der Waals surface area contributed by atoms with Crippen molar-refractivity contribution < 1.29 is 14.3 Å². The van der Waals surface area contributed by atoms with Gasteiger partial charge >= 0.3 is 0 Å². The van der Waals surface area contributed by atoms with Gasteiger partial charge in [0.15, 0.2) is 0 Å². The molecule has 0 aromatic carbocycles. The van der Waals surface area contributed by atoms with Crippen LogP contribution >= 0.6 is 0 Å². The van der Waals surface area contributed by atoms with Gasteiger partial charge in [-0.15, -0.1) is 0 Å². The Kier molecular flexibility index (Phi) is 8.23. The van der Waals surface area contributed by atoms with E-state index >= 15 is 0 Å². The van der Waals surface area contributed by atoms with Crippen molar-refractivity contribution >= 4 is 11.8 Å². The van der Waals surface area contributed by atoms with Crippen molar-refractivity contribution in [2.45, 2.75) is 70.4 Å². The zero-order valence-corrected chi connectivity index (χ0v) is 17.4. The smallest absolute Gasteiger partial charge is 0.270 e. The molecular weight excluding hydrogens is 366 g/mol. The third-order valence-corrected chi connectivity index (χ3v) is 5.79. The summed E-state index contributed by atoms with van der Waals surface area (Å²) >= 11 is 0. The standard InChI is InChI=1S/C23H33N3O3/c1-2-14-29-21-15-18(22(27)25-16-17-8-4-3-5-9-17)11-12-19(21)26-23(28)20-10-6-7-13-24-20/h6-8,10,13,18-19,21H,2-5,9,11-12,14-16H2,1H3,(H,25,27)(H,26,28)/t18-,19-,21-/m0/s1. The molecule has 1 fully saturated rings. The van der Waals surface area contributed by atoms with Crippen LogP contribution in [0.5, 0.6) is 0 Å². The number of pyridine rings is 1. The zero-order chi connectivity index (χ0) is 20.5. The Morgan fingerprint density at radius 1 is 1.24 bits per heavy atom. The summed E-state index contributed by atoms with van der Waals surface area (Å²) in [6.45, 7) is 3.35. The van der Waals surface area contributed by atoms with Crippen LogP contribution in [-0.2, 0) is 9.53 Å². The Bertz CT molecular complexity index is 705. The fraction of sp³-hybridized carbons (Fsp3) is 0.609. The Labute approximate surface area is 173 Å². The molecular formula is C23H33N3O3. The largest absolute Gasteiger partial charge is 0.376 e. The minimum absolute atomic E-state index is 0.0657. The van der Waals surface area contributed by atoms with Crippen LogP contribution in [0.4, 0.5) is 0 Å². The number of hydrogen-bond acceptors (Lipinski definition) is 4. The SMILES string of the molecule is CCCO[C@H]1C[C@@H](C(=O)NCC2=CCCCC2)CC[C@@H]1NC(=O)c1ccccn1. The highest BCUT2D eigenvalue weighted by atomic mass is 16.5. The lowest BCUT2D eigenvalue weighted by atomic mass is 9.83. The molecule has 0 aliphatic heterocycles. The highest BCUT2D eigenvalue weighted by Gasteiger charge is 2.35. The Hall–Kier alpha value is -2.21. The highest BCUT2D eigenvalue weighted by Crippen LogP contribution is 2.28. The van der Waals surface area contributed by atoms with Crippen molar-refractivity contribution in [3.63, 3.8) is 0 Å². The van der Waals surface area contributed by atoms with Gasteiger partial charge in [-0.2, -0.15) is 0 Å². The van der Waals surface area contributed by atoms with Gasteiger partial charge in [0.05, 0.1) is 12.1 Å². The van der Waals surface area contributed by atoms with Crippen LogP contribution in [0, 0.1) is 5.92 Å². The minimum Gasteiger partial charge on any atom is -0.376 e. The minimum atomic E-state index is -0.187.